The van der Waals surface area contributed by atoms with Crippen molar-refractivity contribution in [1.82, 2.24) is 10.2 Å². The largest absolute Gasteiger partial charge is 0.378 e. The van der Waals surface area contributed by atoms with Crippen LogP contribution in [-0.4, -0.2) is 49.2 Å². The zero-order valence-electron chi connectivity index (χ0n) is 10.3. The quantitative estimate of drug-likeness (QED) is 0.772. The first-order valence-electron chi connectivity index (χ1n) is 6.22. The standard InChI is InChI=1S/C12H22N2O2/c1-10-9-13-6-7-14(10)11(15)8-12(16-2)4-3-5-12/h10,13H,3-9H2,1-2H3/t10-/m1/s1. The molecule has 0 bridgehead atoms. The lowest BCUT2D eigenvalue weighted by Gasteiger charge is -2.42. The van der Waals surface area contributed by atoms with Gasteiger partial charge in [0.15, 0.2) is 0 Å². The Bertz CT molecular complexity index is 258. The van der Waals surface area contributed by atoms with Crippen LogP contribution in [-0.2, 0) is 9.53 Å². The zero-order chi connectivity index (χ0) is 11.6. The van der Waals surface area contributed by atoms with Gasteiger partial charge in [-0.05, 0) is 26.2 Å². The summed E-state index contributed by atoms with van der Waals surface area (Å²) in [6, 6.07) is 0.315. The van der Waals surface area contributed by atoms with Crippen LogP contribution in [0.4, 0.5) is 0 Å². The maximum atomic E-state index is 12.2. The molecule has 2 fully saturated rings. The number of nitrogens with one attached hydrogen (secondary N) is 1. The number of carbonyl (C=O) groups is 1. The number of carbonyl (C=O) groups excluding carboxylic acids is 1. The summed E-state index contributed by atoms with van der Waals surface area (Å²) in [6.07, 6.45) is 3.83. The van der Waals surface area contributed by atoms with Crippen LogP contribution < -0.4 is 5.32 Å². The minimum absolute atomic E-state index is 0.137. The number of methoxy groups -OCH3 is 1. The molecule has 1 amide bonds. The maximum Gasteiger partial charge on any atom is 0.225 e. The minimum Gasteiger partial charge on any atom is -0.378 e. The molecule has 92 valence electrons. The number of piperazine rings is 1. The fraction of sp³-hybridized carbons (Fsp3) is 0.917. The molecule has 4 nitrogen and oxygen atoms in total. The predicted octanol–water partition coefficient (Wildman–Crippen LogP) is 0.766. The molecule has 1 aliphatic heterocycles. The number of rotatable bonds is 3. The van der Waals surface area contributed by atoms with Crippen LogP contribution in [0.5, 0.6) is 0 Å². The highest BCUT2D eigenvalue weighted by Crippen LogP contribution is 2.38. The molecule has 0 aromatic carbocycles. The van der Waals surface area contributed by atoms with Crippen LogP contribution in [0.2, 0.25) is 0 Å². The van der Waals surface area contributed by atoms with E-state index in [1.807, 2.05) is 4.90 Å². The molecular formula is C12H22N2O2. The Hall–Kier alpha value is -0.610. The van der Waals surface area contributed by atoms with Crippen LogP contribution >= 0.6 is 0 Å². The van der Waals surface area contributed by atoms with E-state index in [1.165, 1.54) is 6.42 Å². The van der Waals surface area contributed by atoms with Gasteiger partial charge in [0.25, 0.3) is 0 Å². The van der Waals surface area contributed by atoms with E-state index in [0.29, 0.717) is 12.5 Å². The van der Waals surface area contributed by atoms with Gasteiger partial charge in [-0.15, -0.1) is 0 Å². The monoisotopic (exact) mass is 226 g/mol. The van der Waals surface area contributed by atoms with Gasteiger partial charge in [0, 0.05) is 32.8 Å². The first kappa shape index (κ1) is 11.9. The molecule has 0 aromatic rings. The molecule has 16 heavy (non-hydrogen) atoms. The highest BCUT2D eigenvalue weighted by Gasteiger charge is 2.40. The average Bonchev–Trinajstić information content (AvgIpc) is 2.24. The summed E-state index contributed by atoms with van der Waals surface area (Å²) >= 11 is 0. The summed E-state index contributed by atoms with van der Waals surface area (Å²) in [5.74, 6) is 0.260. The van der Waals surface area contributed by atoms with Gasteiger partial charge in [-0.25, -0.2) is 0 Å². The van der Waals surface area contributed by atoms with Crippen LogP contribution in [0.3, 0.4) is 0 Å². The summed E-state index contributed by atoms with van der Waals surface area (Å²) in [4.78, 5) is 14.2. The fourth-order valence-corrected chi connectivity index (χ4v) is 2.61. The molecule has 1 aliphatic carbocycles. The number of nitrogens with zero attached hydrogens (tertiary/aromatic N) is 1. The van der Waals surface area contributed by atoms with Crippen LogP contribution in [0.15, 0.2) is 0 Å². The Morgan fingerprint density at radius 1 is 1.56 bits per heavy atom. The van der Waals surface area contributed by atoms with Crippen molar-refractivity contribution in [3.63, 3.8) is 0 Å². The molecular weight excluding hydrogens is 204 g/mol. The van der Waals surface area contributed by atoms with Gasteiger partial charge in [0.2, 0.25) is 5.91 Å². The first-order valence-corrected chi connectivity index (χ1v) is 6.22. The third kappa shape index (κ3) is 2.23. The van der Waals surface area contributed by atoms with Crippen molar-refractivity contribution >= 4 is 5.91 Å². The molecule has 4 heteroatoms. The highest BCUT2D eigenvalue weighted by atomic mass is 16.5. The van der Waals surface area contributed by atoms with Gasteiger partial charge in [-0.3, -0.25) is 4.79 Å². The molecule has 0 unspecified atom stereocenters. The predicted molar refractivity (Wildman–Crippen MR) is 62.3 cm³/mol. The van der Waals surface area contributed by atoms with Gasteiger partial charge in [-0.1, -0.05) is 0 Å². The molecule has 1 saturated carbocycles. The van der Waals surface area contributed by atoms with Crippen molar-refractivity contribution in [2.75, 3.05) is 26.7 Å². The summed E-state index contributed by atoms with van der Waals surface area (Å²) in [6.45, 7) is 4.76. The van der Waals surface area contributed by atoms with E-state index in [2.05, 4.69) is 12.2 Å². The summed E-state index contributed by atoms with van der Waals surface area (Å²) in [5.41, 5.74) is -0.137. The molecule has 2 aliphatic rings. The minimum atomic E-state index is -0.137. The number of hydrogen-bond donors (Lipinski definition) is 1. The maximum absolute atomic E-state index is 12.2. The third-order valence-electron chi connectivity index (χ3n) is 3.99. The Kier molecular flexibility index (Phi) is 3.50. The summed E-state index contributed by atoms with van der Waals surface area (Å²) in [5, 5.41) is 3.30. The third-order valence-corrected chi connectivity index (χ3v) is 3.99. The molecule has 0 aromatic heterocycles. The summed E-state index contributed by atoms with van der Waals surface area (Å²) in [7, 11) is 1.73. The molecule has 1 N–H and O–H groups in total. The smallest absolute Gasteiger partial charge is 0.225 e. The highest BCUT2D eigenvalue weighted by molar-refractivity contribution is 5.78. The van der Waals surface area contributed by atoms with Gasteiger partial charge >= 0.3 is 0 Å². The van der Waals surface area contributed by atoms with Crippen LogP contribution in [0, 0.1) is 0 Å². The molecule has 2 rings (SSSR count). The molecule has 1 saturated heterocycles. The van der Waals surface area contributed by atoms with Gasteiger partial charge in [0.1, 0.15) is 0 Å². The number of hydrogen-bond acceptors (Lipinski definition) is 3. The van der Waals surface area contributed by atoms with Crippen LogP contribution in [0.1, 0.15) is 32.6 Å². The second-order valence-electron chi connectivity index (χ2n) is 5.06. The van der Waals surface area contributed by atoms with E-state index >= 15 is 0 Å². The zero-order valence-corrected chi connectivity index (χ0v) is 10.3. The molecule has 0 spiro atoms. The Morgan fingerprint density at radius 2 is 2.31 bits per heavy atom. The lowest BCUT2D eigenvalue weighted by atomic mass is 9.77. The normalized spacial score (nSPS) is 28.6. The van der Waals surface area contributed by atoms with E-state index in [4.69, 9.17) is 4.74 Å². The van der Waals surface area contributed by atoms with E-state index in [0.717, 1.165) is 32.5 Å². The van der Waals surface area contributed by atoms with E-state index in [1.54, 1.807) is 7.11 Å². The molecule has 1 atom stereocenters. The van der Waals surface area contributed by atoms with Crippen molar-refractivity contribution in [1.29, 1.82) is 0 Å². The van der Waals surface area contributed by atoms with Crippen molar-refractivity contribution in [2.45, 2.75) is 44.2 Å². The first-order chi connectivity index (χ1) is 7.67. The lowest BCUT2D eigenvalue weighted by molar-refractivity contribution is -0.146. The topological polar surface area (TPSA) is 41.6 Å². The Labute approximate surface area is 97.3 Å². The number of ether oxygens (including phenoxy) is 1. The molecule has 0 radical (unpaired) electrons. The average molecular weight is 226 g/mol. The SMILES string of the molecule is COC1(CC(=O)N2CCNC[C@H]2C)CCC1. The van der Waals surface area contributed by atoms with Crippen molar-refractivity contribution in [3.05, 3.63) is 0 Å². The van der Waals surface area contributed by atoms with Crippen molar-refractivity contribution in [3.8, 4) is 0 Å². The van der Waals surface area contributed by atoms with Gasteiger partial charge < -0.3 is 15.0 Å². The van der Waals surface area contributed by atoms with E-state index in [9.17, 15) is 4.79 Å². The van der Waals surface area contributed by atoms with Gasteiger partial charge in [0.05, 0.1) is 12.0 Å². The van der Waals surface area contributed by atoms with Crippen molar-refractivity contribution < 1.29 is 9.53 Å². The Morgan fingerprint density at radius 3 is 2.81 bits per heavy atom. The summed E-state index contributed by atoms with van der Waals surface area (Å²) < 4.78 is 5.51. The second kappa shape index (κ2) is 4.72. The molecule has 1 heterocycles. The van der Waals surface area contributed by atoms with Crippen LogP contribution in [0.25, 0.3) is 0 Å². The van der Waals surface area contributed by atoms with Crippen molar-refractivity contribution in [2.24, 2.45) is 0 Å². The Balaban J connectivity index is 1.91. The van der Waals surface area contributed by atoms with E-state index < -0.39 is 0 Å². The lowest BCUT2D eigenvalue weighted by Crippen LogP contribution is -2.54. The van der Waals surface area contributed by atoms with Gasteiger partial charge in [-0.2, -0.15) is 0 Å². The second-order valence-corrected chi connectivity index (χ2v) is 5.06. The number of amides is 1. The van der Waals surface area contributed by atoms with E-state index in [-0.39, 0.29) is 11.5 Å². The fourth-order valence-electron chi connectivity index (χ4n) is 2.61.